The molecule has 59 heavy (non-hydrogen) atoms. The fourth-order valence-electron chi connectivity index (χ4n) is 5.19. The Hall–Kier alpha value is -5.77. The van der Waals surface area contributed by atoms with Crippen molar-refractivity contribution in [3.05, 3.63) is 65.6 Å². The molecule has 0 amide bonds. The molecule has 2 heterocycles. The minimum absolute atomic E-state index is 0.0202. The largest absolute Gasteiger partial charge is 0.473 e. The molecule has 26 heteroatoms. The number of alkyl halides is 3. The molecule has 2 aromatic carbocycles. The number of unbranched alkanes of at least 4 members (excludes halogenated alkanes) is 1. The standard InChI is InChI=1S/C33H35F3N10O10S3/c1-32(2,3)29-25(19-38)30(46(44-29)31-39-11-9-28(41-31)33(34,35)36)43-42-26-8-7-21(45(13-6-10-37)12-4-5-14-57(47,48)49)15-27(26)40-20-56-22-16-23(58(50,51)52)18-24(17-22)59(53,54)55/h7-9,11,15-18,40H,4-6,12-14,20H2,1-3H3,(H,47,48,49)(H,50,51,52)(H,53,54,55). The highest BCUT2D eigenvalue weighted by Gasteiger charge is 2.34. The summed E-state index contributed by atoms with van der Waals surface area (Å²) in [5.74, 6) is -1.89. The lowest BCUT2D eigenvalue weighted by molar-refractivity contribution is -0.141. The first-order valence-electron chi connectivity index (χ1n) is 16.9. The van der Waals surface area contributed by atoms with Crippen LogP contribution in [0, 0.1) is 22.7 Å². The molecule has 4 rings (SSSR count). The Labute approximate surface area is 336 Å². The maximum Gasteiger partial charge on any atom is 0.433 e. The van der Waals surface area contributed by atoms with Gasteiger partial charge in [-0.15, -0.1) is 10.2 Å². The van der Waals surface area contributed by atoms with Crippen molar-refractivity contribution in [3.63, 3.8) is 0 Å². The van der Waals surface area contributed by atoms with Gasteiger partial charge in [0.05, 0.1) is 39.4 Å². The molecule has 4 N–H and O–H groups in total. The van der Waals surface area contributed by atoms with Gasteiger partial charge in [-0.2, -0.15) is 58.7 Å². The third kappa shape index (κ3) is 12.6. The molecule has 0 aliphatic carbocycles. The van der Waals surface area contributed by atoms with Crippen LogP contribution in [0.25, 0.3) is 5.95 Å². The highest BCUT2D eigenvalue weighted by molar-refractivity contribution is 7.86. The van der Waals surface area contributed by atoms with Gasteiger partial charge in [0.15, 0.2) is 12.5 Å². The summed E-state index contributed by atoms with van der Waals surface area (Å²) in [6, 6.07) is 11.1. The fraction of sp³-hybridized carbons (Fsp3) is 0.364. The number of benzene rings is 2. The van der Waals surface area contributed by atoms with Crippen LogP contribution >= 0.6 is 0 Å². The number of hydrogen-bond acceptors (Lipinski definition) is 16. The molecule has 0 spiro atoms. The summed E-state index contributed by atoms with van der Waals surface area (Å²) in [5.41, 5.74) is -1.72. The molecule has 4 aromatic rings. The maximum atomic E-state index is 13.6. The molecule has 0 fully saturated rings. The Morgan fingerprint density at radius 1 is 0.915 bits per heavy atom. The first kappa shape index (κ1) is 45.9. The second kappa shape index (κ2) is 18.0. The predicted octanol–water partition coefficient (Wildman–Crippen LogP) is 5.60. The van der Waals surface area contributed by atoms with E-state index in [0.29, 0.717) is 17.8 Å². The fourth-order valence-corrected chi connectivity index (χ4v) is 6.92. The summed E-state index contributed by atoms with van der Waals surface area (Å²) in [7, 11) is -14.2. The summed E-state index contributed by atoms with van der Waals surface area (Å²) in [4.78, 5) is 7.33. The minimum atomic E-state index is -4.99. The number of azo groups is 1. The second-order valence-corrected chi connectivity index (χ2v) is 17.8. The Bertz CT molecular complexity index is 2600. The molecule has 0 radical (unpaired) electrons. The molecular formula is C33H35F3N10O10S3. The van der Waals surface area contributed by atoms with Crippen LogP contribution in [0.1, 0.15) is 57.0 Å². The van der Waals surface area contributed by atoms with Crippen molar-refractivity contribution in [1.82, 2.24) is 19.7 Å². The van der Waals surface area contributed by atoms with Crippen LogP contribution in [0.5, 0.6) is 5.75 Å². The van der Waals surface area contributed by atoms with E-state index in [1.807, 2.05) is 12.1 Å². The van der Waals surface area contributed by atoms with E-state index in [0.717, 1.165) is 23.0 Å². The zero-order valence-corrected chi connectivity index (χ0v) is 33.6. The summed E-state index contributed by atoms with van der Waals surface area (Å²) < 4.78 is 145. The van der Waals surface area contributed by atoms with Crippen molar-refractivity contribution in [3.8, 4) is 23.8 Å². The number of halogens is 3. The smallest absolute Gasteiger partial charge is 0.433 e. The molecule has 0 bridgehead atoms. The summed E-state index contributed by atoms with van der Waals surface area (Å²) in [6.07, 6.45) is -3.65. The van der Waals surface area contributed by atoms with Gasteiger partial charge in [-0.1, -0.05) is 20.8 Å². The zero-order chi connectivity index (χ0) is 44.0. The van der Waals surface area contributed by atoms with Gasteiger partial charge < -0.3 is 15.0 Å². The van der Waals surface area contributed by atoms with E-state index in [1.165, 1.54) is 18.2 Å². The summed E-state index contributed by atoms with van der Waals surface area (Å²) in [6.45, 7) is 4.84. The lowest BCUT2D eigenvalue weighted by Crippen LogP contribution is -2.26. The van der Waals surface area contributed by atoms with E-state index in [2.05, 4.69) is 30.6 Å². The van der Waals surface area contributed by atoms with E-state index >= 15 is 0 Å². The Morgan fingerprint density at radius 3 is 2.14 bits per heavy atom. The molecule has 0 saturated carbocycles. The van der Waals surface area contributed by atoms with Crippen LogP contribution in [0.3, 0.4) is 0 Å². The zero-order valence-electron chi connectivity index (χ0n) is 31.2. The highest BCUT2D eigenvalue weighted by Crippen LogP contribution is 2.37. The molecule has 0 atom stereocenters. The van der Waals surface area contributed by atoms with Crippen LogP contribution in [0.4, 0.5) is 36.1 Å². The van der Waals surface area contributed by atoms with Crippen molar-refractivity contribution in [2.24, 2.45) is 10.2 Å². The third-order valence-electron chi connectivity index (χ3n) is 7.93. The number of nitrogens with one attached hydrogen (secondary N) is 1. The number of aromatic nitrogens is 4. The Morgan fingerprint density at radius 2 is 1.58 bits per heavy atom. The van der Waals surface area contributed by atoms with Gasteiger partial charge in [0.2, 0.25) is 0 Å². The molecule has 0 aliphatic heterocycles. The van der Waals surface area contributed by atoms with E-state index in [-0.39, 0.29) is 60.8 Å². The first-order valence-corrected chi connectivity index (χ1v) is 21.3. The van der Waals surface area contributed by atoms with Gasteiger partial charge in [-0.05, 0) is 43.2 Å². The van der Waals surface area contributed by atoms with Gasteiger partial charge in [-0.3, -0.25) is 13.7 Å². The van der Waals surface area contributed by atoms with Gasteiger partial charge >= 0.3 is 6.18 Å². The molecule has 20 nitrogen and oxygen atoms in total. The molecule has 2 aromatic heterocycles. The second-order valence-electron chi connectivity index (χ2n) is 13.4. The molecule has 316 valence electrons. The average Bonchev–Trinajstić information content (AvgIpc) is 3.52. The number of hydrogen-bond donors (Lipinski definition) is 4. The monoisotopic (exact) mass is 884 g/mol. The van der Waals surface area contributed by atoms with Gasteiger partial charge in [0, 0.05) is 42.5 Å². The number of nitrogens with zero attached hydrogens (tertiary/aromatic N) is 9. The predicted molar refractivity (Wildman–Crippen MR) is 201 cm³/mol. The van der Waals surface area contributed by atoms with Crippen molar-refractivity contribution >= 4 is 53.2 Å². The number of anilines is 2. The number of rotatable bonds is 17. The first-order chi connectivity index (χ1) is 27.3. The van der Waals surface area contributed by atoms with Crippen LogP contribution in [0.2, 0.25) is 0 Å². The Balaban J connectivity index is 1.83. The van der Waals surface area contributed by atoms with Crippen molar-refractivity contribution in [1.29, 1.82) is 10.5 Å². The topological polar surface area (TPSA) is 304 Å². The Kier molecular flexibility index (Phi) is 14.0. The number of ether oxygens (including phenoxy) is 1. The highest BCUT2D eigenvalue weighted by atomic mass is 32.2. The molecule has 0 aliphatic rings. The van der Waals surface area contributed by atoms with Crippen LogP contribution in [-0.2, 0) is 41.9 Å². The van der Waals surface area contributed by atoms with Crippen LogP contribution in [-0.4, -0.2) is 84.2 Å². The van der Waals surface area contributed by atoms with Crippen molar-refractivity contribution in [2.45, 2.75) is 61.4 Å². The summed E-state index contributed by atoms with van der Waals surface area (Å²) >= 11 is 0. The normalized spacial score (nSPS) is 12.6. The van der Waals surface area contributed by atoms with Gasteiger partial charge in [-0.25, -0.2) is 9.97 Å². The van der Waals surface area contributed by atoms with E-state index in [9.17, 15) is 58.1 Å². The quantitative estimate of drug-likeness (QED) is 0.0434. The summed E-state index contributed by atoms with van der Waals surface area (Å²) in [5, 5.41) is 35.1. The molecule has 0 unspecified atom stereocenters. The van der Waals surface area contributed by atoms with Crippen LogP contribution in [0.15, 0.2) is 68.7 Å². The maximum absolute atomic E-state index is 13.6. The SMILES string of the molecule is CC(C)(C)c1nn(-c2nccc(C(F)(F)F)n2)c(N=Nc2ccc(N(CCC#N)CCCCS(=O)(=O)O)cc2NCOc2cc(S(=O)(=O)O)cc(S(=O)(=O)O)c2)c1C#N. The van der Waals surface area contributed by atoms with E-state index in [4.69, 9.17) is 9.29 Å². The van der Waals surface area contributed by atoms with Crippen molar-refractivity contribution in [2.75, 3.05) is 35.8 Å². The van der Waals surface area contributed by atoms with E-state index in [1.54, 1.807) is 25.7 Å². The van der Waals surface area contributed by atoms with Gasteiger partial charge in [0.25, 0.3) is 36.3 Å². The van der Waals surface area contributed by atoms with Crippen molar-refractivity contribution < 1.29 is 56.8 Å². The van der Waals surface area contributed by atoms with E-state index < -0.39 is 81.6 Å². The average molecular weight is 885 g/mol. The lowest BCUT2D eigenvalue weighted by atomic mass is 9.90. The molecular weight excluding hydrogens is 850 g/mol. The van der Waals surface area contributed by atoms with Gasteiger partial charge in [0.1, 0.15) is 28.8 Å². The third-order valence-corrected chi connectivity index (χ3v) is 10.4. The van der Waals surface area contributed by atoms with Crippen LogP contribution < -0.4 is 15.0 Å². The lowest BCUT2D eigenvalue weighted by Gasteiger charge is -2.25. The molecule has 0 saturated heterocycles. The number of nitriles is 2. The minimum Gasteiger partial charge on any atom is -0.473 e.